The van der Waals surface area contributed by atoms with Crippen LogP contribution in [0.4, 0.5) is 0 Å². The third kappa shape index (κ3) is 1.40. The number of aromatic amines is 1. The molecule has 0 saturated heterocycles. The van der Waals surface area contributed by atoms with Crippen LogP contribution in [0.2, 0.25) is 0 Å². The lowest BCUT2D eigenvalue weighted by molar-refractivity contribution is 1.09. The lowest BCUT2D eigenvalue weighted by atomic mass is 10.5. The van der Waals surface area contributed by atoms with Crippen LogP contribution in [0.5, 0.6) is 0 Å². The van der Waals surface area contributed by atoms with E-state index in [9.17, 15) is 0 Å². The Labute approximate surface area is 76.5 Å². The maximum absolute atomic E-state index is 4.91. The third-order valence-corrected chi connectivity index (χ3v) is 3.30. The Morgan fingerprint density at radius 3 is 3.00 bits per heavy atom. The van der Waals surface area contributed by atoms with Gasteiger partial charge in [-0.05, 0) is 23.7 Å². The average Bonchev–Trinajstić information content (AvgIpc) is 2.55. The highest BCUT2D eigenvalue weighted by Crippen LogP contribution is 2.25. The Balaban J connectivity index is 2.53. The van der Waals surface area contributed by atoms with Crippen molar-refractivity contribution in [2.75, 3.05) is 0 Å². The molecule has 1 N–H and O–H groups in total. The fourth-order valence-corrected chi connectivity index (χ4v) is 2.42. The van der Waals surface area contributed by atoms with Gasteiger partial charge in [-0.15, -0.1) is 11.3 Å². The molecule has 2 heterocycles. The van der Waals surface area contributed by atoms with E-state index in [4.69, 9.17) is 12.2 Å². The van der Waals surface area contributed by atoms with E-state index in [-0.39, 0.29) is 0 Å². The maximum atomic E-state index is 4.91. The van der Waals surface area contributed by atoms with E-state index in [2.05, 4.69) is 10.2 Å². The van der Waals surface area contributed by atoms with Crippen LogP contribution in [0.25, 0.3) is 9.88 Å². The van der Waals surface area contributed by atoms with Crippen molar-refractivity contribution in [1.29, 1.82) is 0 Å². The molecule has 0 radical (unpaired) electrons. The van der Waals surface area contributed by atoms with Crippen molar-refractivity contribution >= 4 is 34.9 Å². The normalized spacial score (nSPS) is 10.2. The van der Waals surface area contributed by atoms with E-state index in [0.29, 0.717) is 0 Å². The molecule has 0 unspecified atom stereocenters. The molecule has 0 aliphatic heterocycles. The van der Waals surface area contributed by atoms with Gasteiger partial charge in [-0.2, -0.15) is 5.10 Å². The van der Waals surface area contributed by atoms with E-state index in [1.165, 1.54) is 16.2 Å². The molecule has 56 valence electrons. The molecule has 0 saturated carbocycles. The fourth-order valence-electron chi connectivity index (χ4n) is 0.736. The summed E-state index contributed by atoms with van der Waals surface area (Å²) in [6.45, 7) is 0. The van der Waals surface area contributed by atoms with Crippen molar-refractivity contribution in [1.82, 2.24) is 10.2 Å². The van der Waals surface area contributed by atoms with Gasteiger partial charge in [0.25, 0.3) is 0 Å². The molecule has 5 heteroatoms. The number of hydrogen-bond acceptors (Lipinski definition) is 4. The number of nitrogens with zero attached hydrogens (tertiary/aromatic N) is 1. The molecule has 0 bridgehead atoms. The van der Waals surface area contributed by atoms with Gasteiger partial charge in [0, 0.05) is 0 Å². The Kier molecular flexibility index (Phi) is 1.85. The second-order valence-corrected chi connectivity index (χ2v) is 4.51. The van der Waals surface area contributed by atoms with E-state index >= 15 is 0 Å². The van der Waals surface area contributed by atoms with Crippen molar-refractivity contribution in [2.45, 2.75) is 0 Å². The van der Waals surface area contributed by atoms with Crippen LogP contribution in [0.1, 0.15) is 0 Å². The van der Waals surface area contributed by atoms with Crippen molar-refractivity contribution in [3.8, 4) is 9.88 Å². The molecule has 0 aromatic carbocycles. The summed E-state index contributed by atoms with van der Waals surface area (Å²) in [5.41, 5.74) is 0. The van der Waals surface area contributed by atoms with Crippen molar-refractivity contribution < 1.29 is 0 Å². The largest absolute Gasteiger partial charge is 0.258 e. The molecule has 2 aromatic heterocycles. The van der Waals surface area contributed by atoms with Crippen LogP contribution in [-0.4, -0.2) is 10.2 Å². The molecular weight excluding hydrogens is 196 g/mol. The molecule has 0 aliphatic carbocycles. The number of aromatic nitrogens is 2. The maximum Gasteiger partial charge on any atom is 0.176 e. The summed E-state index contributed by atoms with van der Waals surface area (Å²) in [5.74, 6) is 0. The van der Waals surface area contributed by atoms with E-state index in [1.54, 1.807) is 11.3 Å². The molecule has 2 aromatic rings. The zero-order chi connectivity index (χ0) is 7.68. The van der Waals surface area contributed by atoms with Crippen molar-refractivity contribution in [3.05, 3.63) is 21.5 Å². The first-order valence-electron chi connectivity index (χ1n) is 2.95. The molecular formula is C6H4N2S3. The predicted octanol–water partition coefficient (Wildman–Crippen LogP) is 2.93. The summed E-state index contributed by atoms with van der Waals surface area (Å²) in [7, 11) is 0. The highest BCUT2D eigenvalue weighted by atomic mass is 32.1. The Hall–Kier alpha value is -0.520. The van der Waals surface area contributed by atoms with Gasteiger partial charge in [-0.25, -0.2) is 0 Å². The fraction of sp³-hybridized carbons (Fsp3) is 0. The second-order valence-electron chi connectivity index (χ2n) is 1.90. The standard InChI is InChI=1S/C6H4N2S3/c9-6-8-7-5(11-6)4-2-1-3-10-4/h1-3H,(H,8,9). The van der Waals surface area contributed by atoms with E-state index in [1.807, 2.05) is 17.5 Å². The van der Waals surface area contributed by atoms with Gasteiger partial charge in [0.1, 0.15) is 0 Å². The molecule has 0 atom stereocenters. The number of nitrogens with one attached hydrogen (secondary N) is 1. The minimum absolute atomic E-state index is 0.730. The van der Waals surface area contributed by atoms with Gasteiger partial charge in [-0.1, -0.05) is 17.4 Å². The Bertz CT molecular complexity index is 384. The first kappa shape index (κ1) is 7.15. The van der Waals surface area contributed by atoms with Crippen LogP contribution in [0.15, 0.2) is 17.5 Å². The van der Waals surface area contributed by atoms with Crippen molar-refractivity contribution in [3.63, 3.8) is 0 Å². The summed E-state index contributed by atoms with van der Waals surface area (Å²) in [6.07, 6.45) is 0. The number of hydrogen-bond donors (Lipinski definition) is 1. The highest BCUT2D eigenvalue weighted by molar-refractivity contribution is 7.73. The smallest absolute Gasteiger partial charge is 0.176 e. The Morgan fingerprint density at radius 2 is 2.45 bits per heavy atom. The van der Waals surface area contributed by atoms with Gasteiger partial charge in [0.05, 0.1) is 4.88 Å². The zero-order valence-corrected chi connectivity index (χ0v) is 7.85. The van der Waals surface area contributed by atoms with Crippen molar-refractivity contribution in [2.24, 2.45) is 0 Å². The predicted molar refractivity (Wildman–Crippen MR) is 50.6 cm³/mol. The SMILES string of the molecule is S=c1[nH]nc(-c2cccs2)s1. The molecule has 0 fully saturated rings. The van der Waals surface area contributed by atoms with Crippen LogP contribution >= 0.6 is 34.9 Å². The molecule has 2 nitrogen and oxygen atoms in total. The lowest BCUT2D eigenvalue weighted by Crippen LogP contribution is -1.68. The second kappa shape index (κ2) is 2.84. The molecule has 11 heavy (non-hydrogen) atoms. The first-order valence-corrected chi connectivity index (χ1v) is 5.06. The first-order chi connectivity index (χ1) is 5.36. The van der Waals surface area contributed by atoms with E-state index in [0.717, 1.165) is 8.96 Å². The summed E-state index contributed by atoms with van der Waals surface area (Å²) in [6, 6.07) is 4.04. The topological polar surface area (TPSA) is 28.7 Å². The monoisotopic (exact) mass is 200 g/mol. The number of thiophene rings is 1. The molecule has 0 amide bonds. The summed E-state index contributed by atoms with van der Waals surface area (Å²) in [4.78, 5) is 1.17. The van der Waals surface area contributed by atoms with Gasteiger partial charge >= 0.3 is 0 Å². The van der Waals surface area contributed by atoms with Gasteiger partial charge < -0.3 is 0 Å². The molecule has 2 rings (SSSR count). The minimum Gasteiger partial charge on any atom is -0.258 e. The average molecular weight is 200 g/mol. The summed E-state index contributed by atoms with van der Waals surface area (Å²) in [5, 5.41) is 9.81. The van der Waals surface area contributed by atoms with E-state index < -0.39 is 0 Å². The van der Waals surface area contributed by atoms with Crippen LogP contribution in [-0.2, 0) is 0 Å². The Morgan fingerprint density at radius 1 is 1.55 bits per heavy atom. The van der Waals surface area contributed by atoms with Crippen LogP contribution in [0.3, 0.4) is 0 Å². The van der Waals surface area contributed by atoms with Crippen LogP contribution in [0, 0.1) is 3.95 Å². The summed E-state index contributed by atoms with van der Waals surface area (Å²) >= 11 is 8.09. The zero-order valence-electron chi connectivity index (χ0n) is 5.40. The molecule has 0 aliphatic rings. The quantitative estimate of drug-likeness (QED) is 0.717. The van der Waals surface area contributed by atoms with Gasteiger partial charge in [0.15, 0.2) is 8.96 Å². The minimum atomic E-state index is 0.730. The third-order valence-electron chi connectivity index (χ3n) is 1.17. The number of rotatable bonds is 1. The number of H-pyrrole nitrogens is 1. The lowest BCUT2D eigenvalue weighted by Gasteiger charge is -1.81. The van der Waals surface area contributed by atoms with Gasteiger partial charge in [0.2, 0.25) is 0 Å². The molecule has 0 spiro atoms. The highest BCUT2D eigenvalue weighted by Gasteiger charge is 2.00. The van der Waals surface area contributed by atoms with Gasteiger partial charge in [-0.3, -0.25) is 5.10 Å². The summed E-state index contributed by atoms with van der Waals surface area (Å²) < 4.78 is 0.730. The van der Waals surface area contributed by atoms with Crippen LogP contribution < -0.4 is 0 Å².